The number of hydrogen-bond donors (Lipinski definition) is 0. The van der Waals surface area contributed by atoms with Gasteiger partial charge in [-0.2, -0.15) is 5.26 Å². The zero-order valence-electron chi connectivity index (χ0n) is 11.2. The Balaban J connectivity index is 2.07. The van der Waals surface area contributed by atoms with Crippen molar-refractivity contribution in [2.24, 2.45) is 0 Å². The van der Waals surface area contributed by atoms with Gasteiger partial charge < -0.3 is 0 Å². The average molecular weight is 267 g/mol. The van der Waals surface area contributed by atoms with E-state index in [2.05, 4.69) is 16.0 Å². The highest BCUT2D eigenvalue weighted by Crippen LogP contribution is 2.41. The molecule has 100 valence electrons. The van der Waals surface area contributed by atoms with Crippen LogP contribution in [0.15, 0.2) is 30.3 Å². The molecule has 1 aliphatic rings. The van der Waals surface area contributed by atoms with Crippen LogP contribution in [0.3, 0.4) is 0 Å². The van der Waals surface area contributed by atoms with Crippen LogP contribution in [-0.4, -0.2) is 9.97 Å². The Bertz CT molecular complexity index is 682. The molecular weight excluding hydrogens is 253 g/mol. The molecule has 1 saturated carbocycles. The van der Waals surface area contributed by atoms with E-state index in [1.54, 1.807) is 12.1 Å². The lowest BCUT2D eigenvalue weighted by atomic mass is 9.69. The molecule has 0 unspecified atom stereocenters. The van der Waals surface area contributed by atoms with Crippen molar-refractivity contribution < 1.29 is 4.39 Å². The third kappa shape index (κ3) is 2.05. The number of halogens is 1. The molecule has 1 heterocycles. The predicted molar refractivity (Wildman–Crippen MR) is 73.3 cm³/mol. The number of rotatable bonds is 2. The van der Waals surface area contributed by atoms with Crippen molar-refractivity contribution in [3.05, 3.63) is 47.7 Å². The smallest absolute Gasteiger partial charge is 0.149 e. The Labute approximate surface area is 117 Å². The lowest BCUT2D eigenvalue weighted by Crippen LogP contribution is -2.34. The summed E-state index contributed by atoms with van der Waals surface area (Å²) in [7, 11) is 0. The first kappa shape index (κ1) is 12.7. The van der Waals surface area contributed by atoms with Gasteiger partial charge in [-0.25, -0.2) is 14.4 Å². The fourth-order valence-electron chi connectivity index (χ4n) is 2.47. The van der Waals surface area contributed by atoms with E-state index >= 15 is 0 Å². The van der Waals surface area contributed by atoms with Crippen LogP contribution in [0.2, 0.25) is 0 Å². The van der Waals surface area contributed by atoms with Gasteiger partial charge in [-0.15, -0.1) is 0 Å². The van der Waals surface area contributed by atoms with Crippen LogP contribution in [0.25, 0.3) is 11.3 Å². The maximum Gasteiger partial charge on any atom is 0.149 e. The van der Waals surface area contributed by atoms with E-state index in [1.165, 1.54) is 12.1 Å². The summed E-state index contributed by atoms with van der Waals surface area (Å²) in [5, 5.41) is 9.40. The minimum atomic E-state index is -0.527. The lowest BCUT2D eigenvalue weighted by molar-refractivity contribution is 0.307. The van der Waals surface area contributed by atoms with Crippen LogP contribution in [0.4, 0.5) is 4.39 Å². The highest BCUT2D eigenvalue weighted by Gasteiger charge is 2.42. The molecule has 0 N–H and O–H groups in total. The van der Waals surface area contributed by atoms with E-state index < -0.39 is 5.41 Å². The van der Waals surface area contributed by atoms with Crippen LogP contribution in [-0.2, 0) is 5.41 Å². The molecule has 0 bridgehead atoms. The molecule has 3 nitrogen and oxygen atoms in total. The Morgan fingerprint density at radius 3 is 2.45 bits per heavy atom. The van der Waals surface area contributed by atoms with Gasteiger partial charge in [-0.1, -0.05) is 0 Å². The number of nitriles is 1. The summed E-state index contributed by atoms with van der Waals surface area (Å²) in [5.74, 6) is 0.331. The Morgan fingerprint density at radius 2 is 1.90 bits per heavy atom. The van der Waals surface area contributed by atoms with Gasteiger partial charge in [0.1, 0.15) is 17.1 Å². The van der Waals surface area contributed by atoms with Crippen LogP contribution in [0, 0.1) is 24.1 Å². The number of nitrogens with zero attached hydrogens (tertiary/aromatic N) is 3. The van der Waals surface area contributed by atoms with E-state index in [0.717, 1.165) is 36.2 Å². The number of benzene rings is 1. The Hall–Kier alpha value is -2.28. The Kier molecular flexibility index (Phi) is 2.98. The monoisotopic (exact) mass is 267 g/mol. The second-order valence-electron chi connectivity index (χ2n) is 5.27. The van der Waals surface area contributed by atoms with Gasteiger partial charge in [0, 0.05) is 11.3 Å². The van der Waals surface area contributed by atoms with Gasteiger partial charge in [0.25, 0.3) is 0 Å². The fraction of sp³-hybridized carbons (Fsp3) is 0.312. The summed E-state index contributed by atoms with van der Waals surface area (Å²) in [5.41, 5.74) is 1.89. The molecule has 1 fully saturated rings. The van der Waals surface area contributed by atoms with Crippen LogP contribution < -0.4 is 0 Å². The van der Waals surface area contributed by atoms with Gasteiger partial charge in [0.05, 0.1) is 11.8 Å². The molecule has 0 amide bonds. The summed E-state index contributed by atoms with van der Waals surface area (Å²) in [6, 6.07) is 10.4. The van der Waals surface area contributed by atoms with Crippen molar-refractivity contribution in [1.82, 2.24) is 9.97 Å². The van der Waals surface area contributed by atoms with Gasteiger partial charge in [0.15, 0.2) is 0 Å². The van der Waals surface area contributed by atoms with E-state index in [0.29, 0.717) is 5.82 Å². The normalized spacial score (nSPS) is 16.2. The van der Waals surface area contributed by atoms with Crippen molar-refractivity contribution >= 4 is 0 Å². The van der Waals surface area contributed by atoms with Crippen molar-refractivity contribution in [3.63, 3.8) is 0 Å². The van der Waals surface area contributed by atoms with Crippen molar-refractivity contribution in [2.45, 2.75) is 31.6 Å². The fourth-order valence-corrected chi connectivity index (χ4v) is 2.47. The first-order valence-electron chi connectivity index (χ1n) is 6.66. The summed E-state index contributed by atoms with van der Waals surface area (Å²) < 4.78 is 13.0. The molecule has 0 atom stereocenters. The zero-order chi connectivity index (χ0) is 14.2. The van der Waals surface area contributed by atoms with E-state index in [1.807, 2.05) is 13.0 Å². The maximum absolute atomic E-state index is 13.0. The van der Waals surface area contributed by atoms with Crippen molar-refractivity contribution in [3.8, 4) is 17.3 Å². The molecule has 0 spiro atoms. The minimum Gasteiger partial charge on any atom is -0.236 e. The summed E-state index contributed by atoms with van der Waals surface area (Å²) in [6.45, 7) is 1.89. The van der Waals surface area contributed by atoms with E-state index in [4.69, 9.17) is 0 Å². The number of hydrogen-bond acceptors (Lipinski definition) is 3. The minimum absolute atomic E-state index is 0.271. The van der Waals surface area contributed by atoms with Gasteiger partial charge in [-0.3, -0.25) is 0 Å². The van der Waals surface area contributed by atoms with Crippen LogP contribution >= 0.6 is 0 Å². The largest absolute Gasteiger partial charge is 0.236 e. The standard InChI is InChI=1S/C16H14FN3/c1-11-9-14(12-3-5-13(17)6-4-12)20-15(19-11)16(10-18)7-2-8-16/h3-6,9H,2,7-8H2,1H3. The topological polar surface area (TPSA) is 49.6 Å². The third-order valence-electron chi connectivity index (χ3n) is 3.84. The molecule has 1 aliphatic carbocycles. The SMILES string of the molecule is Cc1cc(-c2ccc(F)cc2)nc(C2(C#N)CCC2)n1. The third-order valence-corrected chi connectivity index (χ3v) is 3.84. The van der Waals surface area contributed by atoms with Gasteiger partial charge in [0.2, 0.25) is 0 Å². The van der Waals surface area contributed by atoms with Gasteiger partial charge in [-0.05, 0) is 56.5 Å². The highest BCUT2D eigenvalue weighted by atomic mass is 19.1. The molecule has 3 rings (SSSR count). The van der Waals surface area contributed by atoms with Crippen molar-refractivity contribution in [1.29, 1.82) is 5.26 Å². The summed E-state index contributed by atoms with van der Waals surface area (Å²) >= 11 is 0. The first-order chi connectivity index (χ1) is 9.63. The maximum atomic E-state index is 13.0. The highest BCUT2D eigenvalue weighted by molar-refractivity contribution is 5.59. The quantitative estimate of drug-likeness (QED) is 0.836. The summed E-state index contributed by atoms with van der Waals surface area (Å²) in [6.07, 6.45) is 2.67. The average Bonchev–Trinajstić information content (AvgIpc) is 2.38. The van der Waals surface area contributed by atoms with Crippen molar-refractivity contribution in [2.75, 3.05) is 0 Å². The zero-order valence-corrected chi connectivity index (χ0v) is 11.2. The molecule has 2 aromatic rings. The second kappa shape index (κ2) is 4.68. The van der Waals surface area contributed by atoms with Crippen LogP contribution in [0.5, 0.6) is 0 Å². The number of aromatic nitrogens is 2. The Morgan fingerprint density at radius 1 is 1.20 bits per heavy atom. The molecule has 1 aromatic carbocycles. The molecule has 0 saturated heterocycles. The first-order valence-corrected chi connectivity index (χ1v) is 6.66. The van der Waals surface area contributed by atoms with E-state index in [9.17, 15) is 9.65 Å². The lowest BCUT2D eigenvalue weighted by Gasteiger charge is -2.33. The van der Waals surface area contributed by atoms with Gasteiger partial charge >= 0.3 is 0 Å². The molecule has 0 radical (unpaired) electrons. The number of aryl methyl sites for hydroxylation is 1. The van der Waals surface area contributed by atoms with Crippen LogP contribution in [0.1, 0.15) is 30.8 Å². The molecule has 0 aliphatic heterocycles. The van der Waals surface area contributed by atoms with E-state index in [-0.39, 0.29) is 5.82 Å². The summed E-state index contributed by atoms with van der Waals surface area (Å²) in [4.78, 5) is 8.98. The molecule has 1 aromatic heterocycles. The molecule has 4 heteroatoms. The molecular formula is C16H14FN3. The predicted octanol–water partition coefficient (Wildman–Crippen LogP) is 3.54. The molecule has 20 heavy (non-hydrogen) atoms. The second-order valence-corrected chi connectivity index (χ2v) is 5.27.